The van der Waals surface area contributed by atoms with Gasteiger partial charge in [-0.2, -0.15) is 0 Å². The lowest BCUT2D eigenvalue weighted by atomic mass is 9.78. The molecular formula is C22H21NO2S. The Balaban J connectivity index is 1.54. The molecule has 0 spiro atoms. The number of rotatable bonds is 3. The Morgan fingerprint density at radius 3 is 2.15 bits per heavy atom. The highest BCUT2D eigenvalue weighted by Crippen LogP contribution is 2.40. The highest BCUT2D eigenvalue weighted by molar-refractivity contribution is 7.99. The Hall–Kier alpha value is -2.33. The first-order chi connectivity index (χ1) is 12.5. The fourth-order valence-corrected chi connectivity index (χ4v) is 4.62. The molecule has 3 unspecified atom stereocenters. The normalized spacial score (nSPS) is 24.8. The van der Waals surface area contributed by atoms with Gasteiger partial charge in [0.25, 0.3) is 0 Å². The zero-order chi connectivity index (χ0) is 18.3. The summed E-state index contributed by atoms with van der Waals surface area (Å²) in [4.78, 5) is 29.2. The number of hydrogen-bond donors (Lipinski definition) is 0. The molecule has 1 aliphatic heterocycles. The number of carbonyl (C=O) groups excluding carboxylic acids is 2. The monoisotopic (exact) mass is 363 g/mol. The summed E-state index contributed by atoms with van der Waals surface area (Å²) in [6.07, 6.45) is 4.75. The molecular weight excluding hydrogens is 342 g/mol. The van der Waals surface area contributed by atoms with Crippen LogP contribution in [0.5, 0.6) is 0 Å². The Morgan fingerprint density at radius 2 is 1.54 bits per heavy atom. The molecule has 26 heavy (non-hydrogen) atoms. The Bertz CT molecular complexity index is 870. The van der Waals surface area contributed by atoms with Gasteiger partial charge in [0.15, 0.2) is 0 Å². The Morgan fingerprint density at radius 1 is 0.923 bits per heavy atom. The van der Waals surface area contributed by atoms with Gasteiger partial charge in [-0.1, -0.05) is 48.5 Å². The molecule has 0 bridgehead atoms. The molecule has 4 rings (SSSR count). The van der Waals surface area contributed by atoms with Crippen LogP contribution in [0.1, 0.15) is 18.9 Å². The maximum Gasteiger partial charge on any atom is 0.238 e. The van der Waals surface area contributed by atoms with Crippen LogP contribution in [-0.2, 0) is 9.59 Å². The van der Waals surface area contributed by atoms with Crippen molar-refractivity contribution in [2.75, 3.05) is 4.90 Å². The molecule has 3 atom stereocenters. The van der Waals surface area contributed by atoms with Crippen LogP contribution in [0.3, 0.4) is 0 Å². The van der Waals surface area contributed by atoms with Gasteiger partial charge in [0.1, 0.15) is 0 Å². The number of anilines is 1. The van der Waals surface area contributed by atoms with Crippen LogP contribution < -0.4 is 4.90 Å². The van der Waals surface area contributed by atoms with E-state index in [9.17, 15) is 9.59 Å². The lowest BCUT2D eigenvalue weighted by molar-refractivity contribution is -0.122. The first kappa shape index (κ1) is 17.1. The zero-order valence-corrected chi connectivity index (χ0v) is 15.7. The van der Waals surface area contributed by atoms with Crippen molar-refractivity contribution >= 4 is 29.3 Å². The molecule has 4 heteroatoms. The molecule has 0 aromatic heterocycles. The minimum Gasteiger partial charge on any atom is -0.274 e. The third kappa shape index (κ3) is 2.99. The van der Waals surface area contributed by atoms with Crippen molar-refractivity contribution in [3.63, 3.8) is 0 Å². The van der Waals surface area contributed by atoms with E-state index < -0.39 is 0 Å². The van der Waals surface area contributed by atoms with Gasteiger partial charge in [-0.05, 0) is 55.7 Å². The second kappa shape index (κ2) is 6.76. The summed E-state index contributed by atoms with van der Waals surface area (Å²) in [5, 5.41) is 0. The van der Waals surface area contributed by atoms with Crippen molar-refractivity contribution in [3.8, 4) is 0 Å². The van der Waals surface area contributed by atoms with Crippen molar-refractivity contribution in [2.24, 2.45) is 17.8 Å². The van der Waals surface area contributed by atoms with Gasteiger partial charge < -0.3 is 0 Å². The standard InChI is InChI=1S/C22H21NO2S/c1-14-6-10-17(11-7-14)26-18-12-8-16(9-13-18)23-21(24)19-5-3-4-15(2)20(19)22(23)25/h3-4,6-13,15,19-20H,5H2,1-2H3. The summed E-state index contributed by atoms with van der Waals surface area (Å²) >= 11 is 1.67. The van der Waals surface area contributed by atoms with E-state index in [1.807, 2.05) is 37.3 Å². The summed E-state index contributed by atoms with van der Waals surface area (Å²) in [6.45, 7) is 4.09. The molecule has 2 aromatic carbocycles. The highest BCUT2D eigenvalue weighted by atomic mass is 32.2. The van der Waals surface area contributed by atoms with Gasteiger partial charge in [-0.15, -0.1) is 0 Å². The van der Waals surface area contributed by atoms with E-state index in [-0.39, 0.29) is 29.6 Å². The van der Waals surface area contributed by atoms with E-state index in [1.54, 1.807) is 11.8 Å². The first-order valence-corrected chi connectivity index (χ1v) is 9.75. The van der Waals surface area contributed by atoms with E-state index in [0.717, 1.165) is 4.90 Å². The number of hydrogen-bond acceptors (Lipinski definition) is 3. The van der Waals surface area contributed by atoms with Gasteiger partial charge in [0.05, 0.1) is 17.5 Å². The summed E-state index contributed by atoms with van der Waals surface area (Å²) in [7, 11) is 0. The molecule has 132 valence electrons. The fraction of sp³-hybridized carbons (Fsp3) is 0.273. The number of aryl methyl sites for hydroxylation is 1. The van der Waals surface area contributed by atoms with E-state index in [2.05, 4.69) is 37.3 Å². The molecule has 2 aromatic rings. The second-order valence-electron chi connectivity index (χ2n) is 7.08. The van der Waals surface area contributed by atoms with Crippen LogP contribution in [0.2, 0.25) is 0 Å². The van der Waals surface area contributed by atoms with E-state index in [1.165, 1.54) is 15.4 Å². The molecule has 0 radical (unpaired) electrons. The second-order valence-corrected chi connectivity index (χ2v) is 8.22. The topological polar surface area (TPSA) is 37.4 Å². The van der Waals surface area contributed by atoms with Gasteiger partial charge in [-0.3, -0.25) is 14.5 Å². The van der Waals surface area contributed by atoms with Gasteiger partial charge in [0, 0.05) is 9.79 Å². The number of carbonyl (C=O) groups is 2. The summed E-state index contributed by atoms with van der Waals surface area (Å²) in [5.74, 6) is -0.421. The lowest BCUT2D eigenvalue weighted by Gasteiger charge is -2.22. The average molecular weight is 363 g/mol. The maximum absolute atomic E-state index is 12.8. The number of nitrogens with zero attached hydrogens (tertiary/aromatic N) is 1. The van der Waals surface area contributed by atoms with E-state index >= 15 is 0 Å². The number of fused-ring (bicyclic) bond motifs is 1. The predicted octanol–water partition coefficient (Wildman–Crippen LogP) is 4.85. The molecule has 1 aliphatic carbocycles. The van der Waals surface area contributed by atoms with Crippen LogP contribution in [0, 0.1) is 24.7 Å². The van der Waals surface area contributed by atoms with Gasteiger partial charge in [0.2, 0.25) is 11.8 Å². The van der Waals surface area contributed by atoms with Crippen molar-refractivity contribution < 1.29 is 9.59 Å². The van der Waals surface area contributed by atoms with Crippen molar-refractivity contribution in [2.45, 2.75) is 30.1 Å². The van der Waals surface area contributed by atoms with Crippen LogP contribution in [-0.4, -0.2) is 11.8 Å². The van der Waals surface area contributed by atoms with Crippen molar-refractivity contribution in [1.29, 1.82) is 0 Å². The number of amides is 2. The lowest BCUT2D eigenvalue weighted by Crippen LogP contribution is -2.31. The SMILES string of the molecule is Cc1ccc(Sc2ccc(N3C(=O)C4CC=CC(C)C4C3=O)cc2)cc1. The van der Waals surface area contributed by atoms with Crippen molar-refractivity contribution in [1.82, 2.24) is 0 Å². The summed E-state index contributed by atoms with van der Waals surface area (Å²) in [5.41, 5.74) is 1.91. The zero-order valence-electron chi connectivity index (χ0n) is 14.9. The third-order valence-electron chi connectivity index (χ3n) is 5.22. The molecule has 3 nitrogen and oxygen atoms in total. The highest BCUT2D eigenvalue weighted by Gasteiger charge is 2.50. The van der Waals surface area contributed by atoms with Crippen molar-refractivity contribution in [3.05, 3.63) is 66.2 Å². The van der Waals surface area contributed by atoms with Crippen LogP contribution in [0.4, 0.5) is 5.69 Å². The van der Waals surface area contributed by atoms with Crippen LogP contribution in [0.25, 0.3) is 0 Å². The minimum atomic E-state index is -0.214. The molecule has 1 fully saturated rings. The van der Waals surface area contributed by atoms with Gasteiger partial charge in [-0.25, -0.2) is 0 Å². The summed E-state index contributed by atoms with van der Waals surface area (Å²) < 4.78 is 0. The molecule has 0 saturated carbocycles. The largest absolute Gasteiger partial charge is 0.274 e. The molecule has 1 heterocycles. The average Bonchev–Trinajstić information content (AvgIpc) is 2.90. The maximum atomic E-state index is 12.8. The van der Waals surface area contributed by atoms with Crippen LogP contribution >= 0.6 is 11.8 Å². The number of imide groups is 1. The third-order valence-corrected chi connectivity index (χ3v) is 6.24. The molecule has 2 amide bonds. The Kier molecular flexibility index (Phi) is 4.45. The Labute approximate surface area is 158 Å². The molecule has 0 N–H and O–H groups in total. The summed E-state index contributed by atoms with van der Waals surface area (Å²) in [6, 6.07) is 16.1. The van der Waals surface area contributed by atoms with Gasteiger partial charge >= 0.3 is 0 Å². The smallest absolute Gasteiger partial charge is 0.238 e. The first-order valence-electron chi connectivity index (χ1n) is 8.93. The quantitative estimate of drug-likeness (QED) is 0.578. The number of benzene rings is 2. The van der Waals surface area contributed by atoms with E-state index in [4.69, 9.17) is 0 Å². The molecule has 2 aliphatic rings. The minimum absolute atomic E-state index is 0.0595. The molecule has 1 saturated heterocycles. The van der Waals surface area contributed by atoms with E-state index in [0.29, 0.717) is 12.1 Å². The fourth-order valence-electron chi connectivity index (χ4n) is 3.81. The van der Waals surface area contributed by atoms with Crippen LogP contribution in [0.15, 0.2) is 70.5 Å². The number of allylic oxidation sites excluding steroid dienone is 2. The predicted molar refractivity (Wildman–Crippen MR) is 104 cm³/mol.